The first-order valence-corrected chi connectivity index (χ1v) is 6.07. The van der Waals surface area contributed by atoms with E-state index < -0.39 is 0 Å². The molecule has 3 aromatic rings. The summed E-state index contributed by atoms with van der Waals surface area (Å²) in [5.41, 5.74) is 8.61. The highest BCUT2D eigenvalue weighted by atomic mass is 32.1. The highest BCUT2D eigenvalue weighted by Crippen LogP contribution is 2.32. The third-order valence-corrected chi connectivity index (χ3v) is 3.76. The number of hydrogen-bond acceptors (Lipinski definition) is 5. The van der Waals surface area contributed by atoms with Crippen LogP contribution in [0.4, 0.5) is 5.82 Å². The van der Waals surface area contributed by atoms with Gasteiger partial charge in [-0.05, 0) is 19.1 Å². The number of rotatable bonds is 1. The maximum atomic E-state index is 9.14. The molecule has 86 valence electrons. The lowest BCUT2D eigenvalue weighted by Crippen LogP contribution is -1.93. The number of fused-ring (bicyclic) bond motifs is 3. The van der Waals surface area contributed by atoms with E-state index in [0.717, 1.165) is 15.6 Å². The molecule has 2 aromatic heterocycles. The average molecular weight is 245 g/mol. The second-order valence-corrected chi connectivity index (χ2v) is 5.04. The predicted octanol–water partition coefficient (Wildman–Crippen LogP) is 2.23. The van der Waals surface area contributed by atoms with Gasteiger partial charge in [-0.15, -0.1) is 11.3 Å². The number of aryl methyl sites for hydroxylation is 1. The van der Waals surface area contributed by atoms with Crippen LogP contribution in [0.25, 0.3) is 21.1 Å². The summed E-state index contributed by atoms with van der Waals surface area (Å²) in [6.07, 6.45) is 0. The van der Waals surface area contributed by atoms with Crippen molar-refractivity contribution in [2.24, 2.45) is 0 Å². The zero-order valence-corrected chi connectivity index (χ0v) is 10.1. The van der Waals surface area contributed by atoms with Gasteiger partial charge in [-0.3, -0.25) is 0 Å². The number of thiazole rings is 1. The molecule has 3 N–H and O–H groups in total. The largest absolute Gasteiger partial charge is 0.389 e. The first-order valence-electron chi connectivity index (χ1n) is 5.25. The topological polar surface area (TPSA) is 72.0 Å². The Labute approximate surface area is 102 Å². The molecular formula is C12H11N3OS. The van der Waals surface area contributed by atoms with Gasteiger partial charge in [0.2, 0.25) is 0 Å². The number of anilines is 1. The number of nitrogen functional groups attached to an aromatic ring is 1. The van der Waals surface area contributed by atoms with Crippen molar-refractivity contribution >= 4 is 38.3 Å². The van der Waals surface area contributed by atoms with Crippen molar-refractivity contribution in [2.45, 2.75) is 13.5 Å². The van der Waals surface area contributed by atoms with E-state index in [-0.39, 0.29) is 6.61 Å². The first kappa shape index (κ1) is 10.4. The zero-order valence-electron chi connectivity index (χ0n) is 9.27. The Morgan fingerprint density at radius 2 is 2.18 bits per heavy atom. The molecule has 0 spiro atoms. The molecule has 0 atom stereocenters. The number of benzene rings is 1. The van der Waals surface area contributed by atoms with Crippen molar-refractivity contribution in [3.05, 3.63) is 28.8 Å². The maximum absolute atomic E-state index is 9.14. The minimum atomic E-state index is -0.0634. The smallest absolute Gasteiger partial charge is 0.151 e. The molecule has 0 radical (unpaired) electrons. The predicted molar refractivity (Wildman–Crippen MR) is 70.0 cm³/mol. The molecule has 0 fully saturated rings. The molecule has 5 heteroatoms. The number of nitrogens with two attached hydrogens (primary N) is 1. The Balaban J connectivity index is 2.51. The third-order valence-electron chi connectivity index (χ3n) is 2.69. The maximum Gasteiger partial charge on any atom is 0.151 e. The molecule has 4 nitrogen and oxygen atoms in total. The molecule has 0 saturated carbocycles. The molecule has 1 aromatic carbocycles. The summed E-state index contributed by atoms with van der Waals surface area (Å²) in [6, 6.07) is 6.04. The van der Waals surface area contributed by atoms with Gasteiger partial charge in [0.25, 0.3) is 0 Å². The SMILES string of the molecule is Cc1ccc2nc(N)c3nc(CO)sc3c2c1. The van der Waals surface area contributed by atoms with Crippen LogP contribution in [0.2, 0.25) is 0 Å². The Kier molecular flexibility index (Phi) is 2.24. The van der Waals surface area contributed by atoms with Crippen LogP contribution in [-0.4, -0.2) is 15.1 Å². The first-order chi connectivity index (χ1) is 8.19. The van der Waals surface area contributed by atoms with Crippen molar-refractivity contribution < 1.29 is 5.11 Å². The second-order valence-electron chi connectivity index (χ2n) is 3.96. The molecule has 0 aliphatic heterocycles. The van der Waals surface area contributed by atoms with Crippen LogP contribution in [0, 0.1) is 6.92 Å². The van der Waals surface area contributed by atoms with E-state index in [1.165, 1.54) is 16.9 Å². The van der Waals surface area contributed by atoms with E-state index in [0.29, 0.717) is 16.3 Å². The van der Waals surface area contributed by atoms with Crippen LogP contribution in [0.15, 0.2) is 18.2 Å². The molecular weight excluding hydrogens is 234 g/mol. The Hall–Kier alpha value is -1.72. The zero-order chi connectivity index (χ0) is 12.0. The van der Waals surface area contributed by atoms with Crippen molar-refractivity contribution in [3.8, 4) is 0 Å². The van der Waals surface area contributed by atoms with Crippen LogP contribution < -0.4 is 5.73 Å². The second kappa shape index (κ2) is 3.65. The van der Waals surface area contributed by atoms with Crippen LogP contribution in [0.1, 0.15) is 10.6 Å². The van der Waals surface area contributed by atoms with Crippen molar-refractivity contribution in [3.63, 3.8) is 0 Å². The minimum Gasteiger partial charge on any atom is -0.389 e. The third kappa shape index (κ3) is 1.55. The quantitative estimate of drug-likeness (QED) is 0.689. The van der Waals surface area contributed by atoms with Gasteiger partial charge >= 0.3 is 0 Å². The summed E-state index contributed by atoms with van der Waals surface area (Å²) < 4.78 is 1.00. The summed E-state index contributed by atoms with van der Waals surface area (Å²) in [5.74, 6) is 0.423. The Morgan fingerprint density at radius 3 is 2.94 bits per heavy atom. The lowest BCUT2D eigenvalue weighted by Gasteiger charge is -2.01. The number of aliphatic hydroxyl groups is 1. The lowest BCUT2D eigenvalue weighted by atomic mass is 10.1. The molecule has 0 saturated heterocycles. The molecule has 0 amide bonds. The highest BCUT2D eigenvalue weighted by Gasteiger charge is 2.11. The van der Waals surface area contributed by atoms with E-state index in [1.807, 2.05) is 19.1 Å². The van der Waals surface area contributed by atoms with Gasteiger partial charge in [-0.2, -0.15) is 0 Å². The van der Waals surface area contributed by atoms with Gasteiger partial charge < -0.3 is 10.8 Å². The van der Waals surface area contributed by atoms with E-state index in [2.05, 4.69) is 16.0 Å². The fourth-order valence-corrected chi connectivity index (χ4v) is 2.86. The number of nitrogens with zero attached hydrogens (tertiary/aromatic N) is 2. The van der Waals surface area contributed by atoms with Crippen LogP contribution >= 0.6 is 11.3 Å². The number of hydrogen-bond donors (Lipinski definition) is 2. The fraction of sp³-hybridized carbons (Fsp3) is 0.167. The molecule has 0 aliphatic rings. The summed E-state index contributed by atoms with van der Waals surface area (Å²) in [7, 11) is 0. The summed E-state index contributed by atoms with van der Waals surface area (Å²) in [6.45, 7) is 1.97. The van der Waals surface area contributed by atoms with Crippen LogP contribution in [-0.2, 0) is 6.61 Å². The summed E-state index contributed by atoms with van der Waals surface area (Å²) in [5, 5.41) is 10.9. The normalized spacial score (nSPS) is 11.4. The van der Waals surface area contributed by atoms with E-state index >= 15 is 0 Å². The number of aromatic nitrogens is 2. The molecule has 0 bridgehead atoms. The molecule has 3 rings (SSSR count). The standard InChI is InChI=1S/C12H11N3OS/c1-6-2-3-8-7(4-6)11-10(12(13)14-8)15-9(5-16)17-11/h2-4,16H,5H2,1H3,(H2,13,14). The number of aliphatic hydroxyl groups excluding tert-OH is 1. The minimum absolute atomic E-state index is 0.0634. The molecule has 2 heterocycles. The van der Waals surface area contributed by atoms with Gasteiger partial charge in [0.15, 0.2) is 5.82 Å². The monoisotopic (exact) mass is 245 g/mol. The number of pyridine rings is 1. The van der Waals surface area contributed by atoms with Crippen molar-refractivity contribution in [1.82, 2.24) is 9.97 Å². The molecule has 0 aliphatic carbocycles. The molecule has 0 unspecified atom stereocenters. The van der Waals surface area contributed by atoms with Crippen molar-refractivity contribution in [1.29, 1.82) is 0 Å². The summed E-state index contributed by atoms with van der Waals surface area (Å²) in [4.78, 5) is 8.62. The van der Waals surface area contributed by atoms with E-state index in [4.69, 9.17) is 10.8 Å². The summed E-state index contributed by atoms with van der Waals surface area (Å²) >= 11 is 1.47. The van der Waals surface area contributed by atoms with Crippen LogP contribution in [0.3, 0.4) is 0 Å². The van der Waals surface area contributed by atoms with Gasteiger partial charge in [-0.1, -0.05) is 11.6 Å². The lowest BCUT2D eigenvalue weighted by molar-refractivity contribution is 0.281. The van der Waals surface area contributed by atoms with Gasteiger partial charge in [0.1, 0.15) is 10.5 Å². The van der Waals surface area contributed by atoms with E-state index in [1.54, 1.807) is 0 Å². The Morgan fingerprint density at radius 1 is 1.35 bits per heavy atom. The van der Waals surface area contributed by atoms with Gasteiger partial charge in [-0.25, -0.2) is 9.97 Å². The average Bonchev–Trinajstić information content (AvgIpc) is 2.75. The van der Waals surface area contributed by atoms with Crippen LogP contribution in [0.5, 0.6) is 0 Å². The van der Waals surface area contributed by atoms with Crippen molar-refractivity contribution in [2.75, 3.05) is 5.73 Å². The Bertz CT molecular complexity index is 720. The van der Waals surface area contributed by atoms with Gasteiger partial charge in [0, 0.05) is 5.39 Å². The van der Waals surface area contributed by atoms with Gasteiger partial charge in [0.05, 0.1) is 16.8 Å². The van der Waals surface area contributed by atoms with E-state index in [9.17, 15) is 0 Å². The highest BCUT2D eigenvalue weighted by molar-refractivity contribution is 7.19. The fourth-order valence-electron chi connectivity index (χ4n) is 1.90. The molecule has 17 heavy (non-hydrogen) atoms.